The number of pyridine rings is 1. The normalized spacial score (nSPS) is 20.8. The van der Waals surface area contributed by atoms with Crippen molar-refractivity contribution in [3.63, 3.8) is 0 Å². The molecule has 1 fully saturated rings. The number of nitrogens with one attached hydrogen (secondary N) is 1. The van der Waals surface area contributed by atoms with Crippen LogP contribution in [0.15, 0.2) is 47.5 Å². The minimum absolute atomic E-state index is 0.121. The van der Waals surface area contributed by atoms with E-state index in [0.29, 0.717) is 30.3 Å². The van der Waals surface area contributed by atoms with Crippen molar-refractivity contribution in [2.45, 2.75) is 19.4 Å². The summed E-state index contributed by atoms with van der Waals surface area (Å²) in [5.41, 5.74) is 1.40. The van der Waals surface area contributed by atoms with Crippen LogP contribution in [-0.4, -0.2) is 60.5 Å². The number of hydrogen-bond donors (Lipinski definition) is 2. The number of aliphatic imine (C=N–C) groups is 1. The molecule has 0 aliphatic carbocycles. The maximum Gasteiger partial charge on any atom is 0.236 e. The molecule has 0 amide bonds. The van der Waals surface area contributed by atoms with E-state index in [2.05, 4.69) is 10.3 Å². The van der Waals surface area contributed by atoms with E-state index in [9.17, 15) is 9.50 Å². The van der Waals surface area contributed by atoms with E-state index in [-0.39, 0.29) is 23.1 Å². The number of fused-ring (bicyclic) bond motifs is 5. The lowest BCUT2D eigenvalue weighted by molar-refractivity contribution is -0.00558. The molecule has 0 bridgehead atoms. The van der Waals surface area contributed by atoms with Gasteiger partial charge in [0.15, 0.2) is 17.4 Å². The molecule has 36 heavy (non-hydrogen) atoms. The van der Waals surface area contributed by atoms with Gasteiger partial charge in [0.1, 0.15) is 28.7 Å². The molecule has 3 aliphatic rings. The highest BCUT2D eigenvalue weighted by Gasteiger charge is 2.42. The first-order valence-corrected chi connectivity index (χ1v) is 11.8. The Morgan fingerprint density at radius 2 is 1.86 bits per heavy atom. The third kappa shape index (κ3) is 3.40. The van der Waals surface area contributed by atoms with Crippen molar-refractivity contribution >= 4 is 17.3 Å². The number of piperazine rings is 1. The summed E-state index contributed by atoms with van der Waals surface area (Å²) in [5, 5.41) is 13.8. The third-order valence-corrected chi connectivity index (χ3v) is 6.79. The molecule has 0 saturated carbocycles. The number of anilines is 2. The quantitative estimate of drug-likeness (QED) is 0.560. The van der Waals surface area contributed by atoms with E-state index in [0.717, 1.165) is 30.4 Å². The van der Waals surface area contributed by atoms with Crippen LogP contribution in [0.2, 0.25) is 0 Å². The molecule has 0 radical (unpaired) electrons. The van der Waals surface area contributed by atoms with Gasteiger partial charge in [-0.1, -0.05) is 24.3 Å². The number of phenols is 1. The zero-order valence-corrected chi connectivity index (χ0v) is 19.8. The van der Waals surface area contributed by atoms with Crippen molar-refractivity contribution < 1.29 is 23.4 Å². The second-order valence-electron chi connectivity index (χ2n) is 8.86. The third-order valence-electron chi connectivity index (χ3n) is 6.79. The van der Waals surface area contributed by atoms with Gasteiger partial charge in [-0.05, 0) is 25.1 Å². The van der Waals surface area contributed by atoms with Gasteiger partial charge in [0, 0.05) is 31.7 Å². The van der Waals surface area contributed by atoms with Crippen molar-refractivity contribution in [2.75, 3.05) is 38.2 Å². The fourth-order valence-electron chi connectivity index (χ4n) is 5.09. The number of benzene rings is 2. The van der Waals surface area contributed by atoms with Crippen LogP contribution in [0, 0.1) is 11.6 Å². The zero-order chi connectivity index (χ0) is 25.0. The number of aromatic nitrogens is 1. The van der Waals surface area contributed by atoms with Crippen LogP contribution in [0.3, 0.4) is 0 Å². The Bertz CT molecular complexity index is 1360. The Morgan fingerprint density at radius 3 is 2.61 bits per heavy atom. The highest BCUT2D eigenvalue weighted by atomic mass is 19.1. The molecule has 2 aromatic carbocycles. The molecule has 0 spiro atoms. The van der Waals surface area contributed by atoms with Crippen LogP contribution < -0.4 is 15.0 Å². The van der Waals surface area contributed by atoms with Gasteiger partial charge in [-0.25, -0.2) is 18.8 Å². The molecular weight excluding hydrogens is 468 g/mol. The number of rotatable bonds is 2. The Balaban J connectivity index is 1.66. The van der Waals surface area contributed by atoms with Crippen LogP contribution in [0.25, 0.3) is 11.3 Å². The summed E-state index contributed by atoms with van der Waals surface area (Å²) < 4.78 is 42.8. The number of nitrogens with zero attached hydrogens (tertiary/aromatic N) is 4. The van der Waals surface area contributed by atoms with E-state index >= 15 is 4.39 Å². The van der Waals surface area contributed by atoms with Gasteiger partial charge in [-0.2, -0.15) is 0 Å². The maximum atomic E-state index is 16.0. The van der Waals surface area contributed by atoms with E-state index in [1.165, 1.54) is 19.2 Å². The topological polar surface area (TPSA) is 82.5 Å². The van der Waals surface area contributed by atoms with Crippen LogP contribution in [0.1, 0.15) is 24.2 Å². The number of hydrogen-bond acceptors (Lipinski definition) is 8. The van der Waals surface area contributed by atoms with Crippen LogP contribution in [-0.2, 0) is 4.74 Å². The second-order valence-corrected chi connectivity index (χ2v) is 8.86. The molecule has 10 heteroatoms. The van der Waals surface area contributed by atoms with Gasteiger partial charge >= 0.3 is 0 Å². The summed E-state index contributed by atoms with van der Waals surface area (Å²) >= 11 is 0. The Morgan fingerprint density at radius 1 is 1.08 bits per heavy atom. The number of phenolic OH excluding ortho intramolecular Hbond substituents is 1. The molecule has 1 saturated heterocycles. The Hall–Kier alpha value is -3.76. The lowest BCUT2D eigenvalue weighted by Gasteiger charge is -2.44. The molecule has 2 N–H and O–H groups in total. The number of methoxy groups -OCH3 is 1. The summed E-state index contributed by atoms with van der Waals surface area (Å²) in [5.74, 6) is -1.39. The standard InChI is InChI=1S/C26H25F2N5O3/c1-14-15-6-3-4-8-17(15)33-25-20(24(31-26(33)36-14)32-12-10-29-11-13-32)23(35-2)21(28)22(30-25)19-16(27)7-5-9-18(19)34/h3-9,14,26,29,34H,10-13H2,1-2H3. The fourth-order valence-corrected chi connectivity index (χ4v) is 5.09. The first kappa shape index (κ1) is 22.7. The number of aromatic hydroxyl groups is 1. The van der Waals surface area contributed by atoms with Gasteiger partial charge in [-0.3, -0.25) is 4.90 Å². The predicted octanol–water partition coefficient (Wildman–Crippen LogP) is 3.92. The summed E-state index contributed by atoms with van der Waals surface area (Å²) in [7, 11) is 1.36. The van der Waals surface area contributed by atoms with Gasteiger partial charge in [-0.15, -0.1) is 0 Å². The van der Waals surface area contributed by atoms with Crippen molar-refractivity contribution in [1.82, 2.24) is 15.2 Å². The predicted molar refractivity (Wildman–Crippen MR) is 131 cm³/mol. The second kappa shape index (κ2) is 8.72. The van der Waals surface area contributed by atoms with Gasteiger partial charge < -0.3 is 24.8 Å². The average Bonchev–Trinajstić information content (AvgIpc) is 2.89. The van der Waals surface area contributed by atoms with Gasteiger partial charge in [0.2, 0.25) is 6.35 Å². The first-order valence-electron chi connectivity index (χ1n) is 11.8. The van der Waals surface area contributed by atoms with Crippen LogP contribution in [0.5, 0.6) is 11.5 Å². The Kier molecular flexibility index (Phi) is 5.50. The van der Waals surface area contributed by atoms with Crippen molar-refractivity contribution in [2.24, 2.45) is 4.99 Å². The maximum absolute atomic E-state index is 16.0. The summed E-state index contributed by atoms with van der Waals surface area (Å²) in [4.78, 5) is 13.4. The smallest absolute Gasteiger partial charge is 0.236 e. The SMILES string of the molecule is COc1c(F)c(-c2c(O)cccc2F)nc2c1C(N1CCNCC1)=NC1OC(C)c3ccccc3N21. The number of amidine groups is 1. The first-order chi connectivity index (χ1) is 17.5. The number of para-hydroxylation sites is 1. The number of ether oxygens (including phenoxy) is 2. The molecule has 6 rings (SSSR count). The summed E-state index contributed by atoms with van der Waals surface area (Å²) in [6.07, 6.45) is -1.01. The minimum Gasteiger partial charge on any atom is -0.507 e. The molecule has 8 nitrogen and oxygen atoms in total. The molecule has 186 valence electrons. The van der Waals surface area contributed by atoms with E-state index in [4.69, 9.17) is 14.5 Å². The Labute approximate surface area is 206 Å². The average molecular weight is 494 g/mol. The minimum atomic E-state index is -0.877. The number of halogens is 2. The van der Waals surface area contributed by atoms with Crippen LogP contribution in [0.4, 0.5) is 20.3 Å². The highest BCUT2D eigenvalue weighted by molar-refractivity contribution is 6.08. The molecule has 1 aromatic heterocycles. The van der Waals surface area contributed by atoms with Gasteiger partial charge in [0.25, 0.3) is 0 Å². The monoisotopic (exact) mass is 493 g/mol. The van der Waals surface area contributed by atoms with E-state index in [1.54, 1.807) is 4.90 Å². The molecular formula is C26H25F2N5O3. The summed E-state index contributed by atoms with van der Waals surface area (Å²) in [6.45, 7) is 4.73. The molecule has 2 unspecified atom stereocenters. The van der Waals surface area contributed by atoms with Crippen molar-refractivity contribution in [1.29, 1.82) is 0 Å². The molecule has 2 atom stereocenters. The van der Waals surface area contributed by atoms with Crippen LogP contribution >= 0.6 is 0 Å². The van der Waals surface area contributed by atoms with E-state index in [1.807, 2.05) is 36.1 Å². The molecule has 3 aliphatic heterocycles. The highest BCUT2D eigenvalue weighted by Crippen LogP contribution is 2.48. The lowest BCUT2D eigenvalue weighted by Crippen LogP contribution is -2.51. The molecule has 4 heterocycles. The van der Waals surface area contributed by atoms with Crippen molar-refractivity contribution in [3.05, 3.63) is 65.2 Å². The zero-order valence-electron chi connectivity index (χ0n) is 19.8. The fraction of sp³-hybridized carbons (Fsp3) is 0.308. The van der Waals surface area contributed by atoms with Gasteiger partial charge in [0.05, 0.1) is 24.5 Å². The van der Waals surface area contributed by atoms with Crippen molar-refractivity contribution in [3.8, 4) is 22.8 Å². The van der Waals surface area contributed by atoms with E-state index < -0.39 is 23.7 Å². The summed E-state index contributed by atoms with van der Waals surface area (Å²) in [6, 6.07) is 11.5. The largest absolute Gasteiger partial charge is 0.507 e. The molecule has 3 aromatic rings. The lowest BCUT2D eigenvalue weighted by atomic mass is 10.0.